The molecule has 6 heteroatoms. The van der Waals surface area contributed by atoms with E-state index in [2.05, 4.69) is 5.32 Å². The number of halogens is 4. The molecule has 0 atom stereocenters. The number of benzene rings is 1. The van der Waals surface area contributed by atoms with Gasteiger partial charge in [-0.05, 0) is 36.0 Å². The Kier molecular flexibility index (Phi) is 3.75. The average molecular weight is 289 g/mol. The smallest absolute Gasteiger partial charge is 0.355 e. The van der Waals surface area contributed by atoms with Crippen LogP contribution in [0.3, 0.4) is 0 Å². The third kappa shape index (κ3) is 3.71. The molecule has 0 spiro atoms. The first-order valence-corrected chi connectivity index (χ1v) is 6.32. The van der Waals surface area contributed by atoms with Crippen molar-refractivity contribution in [2.24, 2.45) is 5.41 Å². The quantitative estimate of drug-likeness (QED) is 0.847. The minimum Gasteiger partial charge on any atom is -0.355 e. The van der Waals surface area contributed by atoms with Crippen molar-refractivity contribution in [1.29, 1.82) is 0 Å². The molecule has 110 valence electrons. The van der Waals surface area contributed by atoms with Crippen LogP contribution in [0, 0.1) is 11.2 Å². The van der Waals surface area contributed by atoms with Gasteiger partial charge in [0, 0.05) is 6.54 Å². The summed E-state index contributed by atoms with van der Waals surface area (Å²) in [6.07, 6.45) is -2.85. The lowest BCUT2D eigenvalue weighted by Crippen LogP contribution is -2.30. The predicted octanol–water partition coefficient (Wildman–Crippen LogP) is 3.30. The lowest BCUT2D eigenvalue weighted by Gasteiger charge is -2.12. The van der Waals surface area contributed by atoms with Crippen molar-refractivity contribution >= 4 is 5.91 Å². The van der Waals surface area contributed by atoms with Gasteiger partial charge in [-0.3, -0.25) is 4.79 Å². The fourth-order valence-electron chi connectivity index (χ4n) is 1.85. The van der Waals surface area contributed by atoms with Gasteiger partial charge in [-0.2, -0.15) is 13.2 Å². The molecule has 0 unspecified atom stereocenters. The molecule has 0 aromatic heterocycles. The van der Waals surface area contributed by atoms with E-state index in [0.717, 1.165) is 18.9 Å². The number of carbonyl (C=O) groups is 1. The van der Waals surface area contributed by atoms with E-state index >= 15 is 0 Å². The van der Waals surface area contributed by atoms with Crippen molar-refractivity contribution in [2.75, 3.05) is 6.54 Å². The Balaban J connectivity index is 2.00. The number of amides is 1. The fourth-order valence-corrected chi connectivity index (χ4v) is 1.85. The summed E-state index contributed by atoms with van der Waals surface area (Å²) < 4.78 is 50.7. The van der Waals surface area contributed by atoms with Gasteiger partial charge in [0.05, 0.1) is 12.0 Å². The Hall–Kier alpha value is -1.59. The van der Waals surface area contributed by atoms with Crippen LogP contribution in [0.15, 0.2) is 18.2 Å². The van der Waals surface area contributed by atoms with E-state index in [9.17, 15) is 22.4 Å². The second-order valence-electron chi connectivity index (χ2n) is 5.58. The standard InChI is InChI=1S/C14H15F4NO/c1-13(4-5-13)8-19-12(20)7-9-2-3-11(15)10(6-9)14(16,17)18/h2-3,6H,4-5,7-8H2,1H3,(H,19,20). The maximum atomic E-state index is 13.1. The molecule has 1 fully saturated rings. The van der Waals surface area contributed by atoms with Gasteiger partial charge in [0.1, 0.15) is 5.82 Å². The molecule has 1 N–H and O–H groups in total. The number of hydrogen-bond acceptors (Lipinski definition) is 1. The van der Waals surface area contributed by atoms with Gasteiger partial charge in [0.2, 0.25) is 5.91 Å². The number of nitrogens with one attached hydrogen (secondary N) is 1. The molecule has 0 heterocycles. The highest BCUT2D eigenvalue weighted by Gasteiger charge is 2.37. The Labute approximate surface area is 114 Å². The van der Waals surface area contributed by atoms with Crippen molar-refractivity contribution in [3.63, 3.8) is 0 Å². The minimum absolute atomic E-state index is 0.135. The lowest BCUT2D eigenvalue weighted by molar-refractivity contribution is -0.140. The first-order chi connectivity index (χ1) is 9.20. The van der Waals surface area contributed by atoms with Crippen molar-refractivity contribution in [3.05, 3.63) is 35.1 Å². The normalized spacial score (nSPS) is 16.9. The van der Waals surface area contributed by atoms with E-state index in [-0.39, 0.29) is 23.3 Å². The summed E-state index contributed by atoms with van der Waals surface area (Å²) in [7, 11) is 0. The molecule has 1 aromatic carbocycles. The van der Waals surface area contributed by atoms with Gasteiger partial charge in [0.25, 0.3) is 0 Å². The van der Waals surface area contributed by atoms with E-state index in [1.54, 1.807) is 0 Å². The second kappa shape index (κ2) is 5.07. The molecule has 20 heavy (non-hydrogen) atoms. The highest BCUT2D eigenvalue weighted by molar-refractivity contribution is 5.78. The molecule has 2 nitrogen and oxygen atoms in total. The fraction of sp³-hybridized carbons (Fsp3) is 0.500. The third-order valence-electron chi connectivity index (χ3n) is 3.52. The molecular formula is C14H15F4NO. The van der Waals surface area contributed by atoms with E-state index in [0.29, 0.717) is 12.6 Å². The highest BCUT2D eigenvalue weighted by Crippen LogP contribution is 2.44. The van der Waals surface area contributed by atoms with Crippen molar-refractivity contribution in [2.45, 2.75) is 32.4 Å². The van der Waals surface area contributed by atoms with E-state index in [1.807, 2.05) is 6.92 Å². The Morgan fingerprint density at radius 3 is 2.55 bits per heavy atom. The Bertz CT molecular complexity index is 520. The molecule has 1 amide bonds. The van der Waals surface area contributed by atoms with Crippen LogP contribution in [0.5, 0.6) is 0 Å². The minimum atomic E-state index is -4.75. The molecule has 0 saturated heterocycles. The highest BCUT2D eigenvalue weighted by atomic mass is 19.4. The number of carbonyl (C=O) groups excluding carboxylic acids is 1. The van der Waals surface area contributed by atoms with Crippen LogP contribution in [0.1, 0.15) is 30.9 Å². The van der Waals surface area contributed by atoms with E-state index in [1.165, 1.54) is 6.07 Å². The summed E-state index contributed by atoms with van der Waals surface area (Å²) in [5.74, 6) is -1.68. The first-order valence-electron chi connectivity index (χ1n) is 6.32. The predicted molar refractivity (Wildman–Crippen MR) is 65.5 cm³/mol. The van der Waals surface area contributed by atoms with Crippen LogP contribution in [0.4, 0.5) is 17.6 Å². The summed E-state index contributed by atoms with van der Waals surface area (Å²) in [6.45, 7) is 2.56. The van der Waals surface area contributed by atoms with Gasteiger partial charge in [-0.25, -0.2) is 4.39 Å². The summed E-state index contributed by atoms with van der Waals surface area (Å²) in [5, 5.41) is 2.69. The Morgan fingerprint density at radius 1 is 1.35 bits per heavy atom. The number of alkyl halides is 3. The largest absolute Gasteiger partial charge is 0.419 e. The Morgan fingerprint density at radius 2 is 2.00 bits per heavy atom. The zero-order valence-corrected chi connectivity index (χ0v) is 11.0. The molecule has 0 aliphatic heterocycles. The van der Waals surface area contributed by atoms with E-state index < -0.39 is 17.6 Å². The van der Waals surface area contributed by atoms with Gasteiger partial charge in [-0.15, -0.1) is 0 Å². The van der Waals surface area contributed by atoms with Gasteiger partial charge in [0.15, 0.2) is 0 Å². The topological polar surface area (TPSA) is 29.1 Å². The molecule has 1 saturated carbocycles. The average Bonchev–Trinajstić information content (AvgIpc) is 3.07. The van der Waals surface area contributed by atoms with Crippen LogP contribution in [-0.4, -0.2) is 12.5 Å². The van der Waals surface area contributed by atoms with Crippen molar-refractivity contribution < 1.29 is 22.4 Å². The number of hydrogen-bond donors (Lipinski definition) is 1. The molecule has 1 aliphatic rings. The summed E-state index contributed by atoms with van der Waals surface area (Å²) >= 11 is 0. The summed E-state index contributed by atoms with van der Waals surface area (Å²) in [5.41, 5.74) is -1.05. The molecular weight excluding hydrogens is 274 g/mol. The maximum absolute atomic E-state index is 13.1. The van der Waals surface area contributed by atoms with E-state index in [4.69, 9.17) is 0 Å². The van der Waals surface area contributed by atoms with Crippen LogP contribution in [0.25, 0.3) is 0 Å². The summed E-state index contributed by atoms with van der Waals surface area (Å²) in [4.78, 5) is 11.6. The van der Waals surface area contributed by atoms with Crippen LogP contribution in [-0.2, 0) is 17.4 Å². The zero-order chi connectivity index (χ0) is 15.0. The van der Waals surface area contributed by atoms with Crippen molar-refractivity contribution in [3.8, 4) is 0 Å². The third-order valence-corrected chi connectivity index (χ3v) is 3.52. The SMILES string of the molecule is CC1(CNC(=O)Cc2ccc(F)c(C(F)(F)F)c2)CC1. The maximum Gasteiger partial charge on any atom is 0.419 e. The molecule has 1 aromatic rings. The van der Waals surface area contributed by atoms with Gasteiger partial charge < -0.3 is 5.32 Å². The van der Waals surface area contributed by atoms with Crippen LogP contribution in [0.2, 0.25) is 0 Å². The lowest BCUT2D eigenvalue weighted by atomic mass is 10.1. The molecule has 0 radical (unpaired) electrons. The molecule has 1 aliphatic carbocycles. The molecule has 2 rings (SSSR count). The zero-order valence-electron chi connectivity index (χ0n) is 11.0. The molecule has 0 bridgehead atoms. The van der Waals surface area contributed by atoms with Crippen LogP contribution < -0.4 is 5.32 Å². The van der Waals surface area contributed by atoms with Gasteiger partial charge in [-0.1, -0.05) is 13.0 Å². The van der Waals surface area contributed by atoms with Gasteiger partial charge >= 0.3 is 6.18 Å². The monoisotopic (exact) mass is 289 g/mol. The summed E-state index contributed by atoms with van der Waals surface area (Å²) in [6, 6.07) is 2.63. The first kappa shape index (κ1) is 14.8. The number of rotatable bonds is 4. The second-order valence-corrected chi connectivity index (χ2v) is 5.58. The van der Waals surface area contributed by atoms with Crippen molar-refractivity contribution in [1.82, 2.24) is 5.32 Å². The van der Waals surface area contributed by atoms with Crippen LogP contribution >= 0.6 is 0 Å².